The number of carbonyl (C=O) groups excluding carboxylic acids is 1. The van der Waals surface area contributed by atoms with E-state index in [1.165, 1.54) is 6.20 Å². The van der Waals surface area contributed by atoms with E-state index in [0.29, 0.717) is 17.3 Å². The van der Waals surface area contributed by atoms with Gasteiger partial charge in [-0.15, -0.1) is 0 Å². The molecule has 0 spiro atoms. The van der Waals surface area contributed by atoms with E-state index in [-0.39, 0.29) is 11.9 Å². The lowest BCUT2D eigenvalue weighted by Gasteiger charge is -2.12. The predicted octanol–water partition coefficient (Wildman–Crippen LogP) is 2.08. The Bertz CT molecular complexity index is 348. The molecule has 0 aliphatic carbocycles. The van der Waals surface area contributed by atoms with Gasteiger partial charge in [-0.3, -0.25) is 9.48 Å². The van der Waals surface area contributed by atoms with Crippen LogP contribution < -0.4 is 5.32 Å². The number of hydrogen-bond donors (Lipinski definition) is 1. The molecule has 0 fully saturated rings. The normalized spacial score (nSPS) is 12.5. The Kier molecular flexibility index (Phi) is 4.15. The highest BCUT2D eigenvalue weighted by Crippen LogP contribution is 2.15. The van der Waals surface area contributed by atoms with Crippen molar-refractivity contribution in [2.75, 3.05) is 0 Å². The summed E-state index contributed by atoms with van der Waals surface area (Å²) in [7, 11) is 0. The largest absolute Gasteiger partial charge is 0.348 e. The first-order chi connectivity index (χ1) is 7.10. The van der Waals surface area contributed by atoms with Gasteiger partial charge in [-0.25, -0.2) is 0 Å². The first-order valence-corrected chi connectivity index (χ1v) is 5.50. The van der Waals surface area contributed by atoms with Crippen molar-refractivity contribution in [2.45, 2.75) is 39.8 Å². The van der Waals surface area contributed by atoms with E-state index < -0.39 is 0 Å². The average molecular weight is 230 g/mol. The fourth-order valence-corrected chi connectivity index (χ4v) is 1.45. The fourth-order valence-electron chi connectivity index (χ4n) is 1.22. The average Bonchev–Trinajstić information content (AvgIpc) is 2.59. The van der Waals surface area contributed by atoms with Crippen LogP contribution in [0.25, 0.3) is 0 Å². The van der Waals surface area contributed by atoms with E-state index in [4.69, 9.17) is 11.6 Å². The smallest absolute Gasteiger partial charge is 0.271 e. The van der Waals surface area contributed by atoms with Crippen LogP contribution in [0.3, 0.4) is 0 Å². The number of aryl methyl sites for hydroxylation is 1. The van der Waals surface area contributed by atoms with Crippen molar-refractivity contribution in [1.82, 2.24) is 15.1 Å². The molecule has 0 aliphatic rings. The molecule has 0 aliphatic heterocycles. The molecule has 0 bridgehead atoms. The number of rotatable bonds is 4. The van der Waals surface area contributed by atoms with Crippen molar-refractivity contribution in [3.8, 4) is 0 Å². The molecule has 1 aromatic heterocycles. The molecule has 0 aromatic carbocycles. The molecule has 5 heteroatoms. The highest BCUT2D eigenvalue weighted by molar-refractivity contribution is 6.33. The predicted molar refractivity (Wildman–Crippen MR) is 60.1 cm³/mol. The molecule has 1 heterocycles. The molecule has 1 rings (SSSR count). The number of amides is 1. The standard InChI is InChI=1S/C10H16ClN3O/c1-4-7(3)13-10(15)9-8(11)6-12-14(9)5-2/h6-7H,4-5H2,1-3H3,(H,13,15). The fraction of sp³-hybridized carbons (Fsp3) is 0.600. The second-order valence-electron chi connectivity index (χ2n) is 3.44. The van der Waals surface area contributed by atoms with Crippen LogP contribution >= 0.6 is 11.6 Å². The van der Waals surface area contributed by atoms with Gasteiger partial charge in [0, 0.05) is 12.6 Å². The number of nitrogens with one attached hydrogen (secondary N) is 1. The maximum atomic E-state index is 11.8. The summed E-state index contributed by atoms with van der Waals surface area (Å²) in [5.74, 6) is -0.159. The zero-order valence-corrected chi connectivity index (χ0v) is 10.0. The number of hydrogen-bond acceptors (Lipinski definition) is 2. The van der Waals surface area contributed by atoms with Crippen molar-refractivity contribution >= 4 is 17.5 Å². The van der Waals surface area contributed by atoms with E-state index in [1.54, 1.807) is 4.68 Å². The minimum absolute atomic E-state index is 0.147. The second-order valence-corrected chi connectivity index (χ2v) is 3.85. The van der Waals surface area contributed by atoms with Gasteiger partial charge in [-0.2, -0.15) is 5.10 Å². The summed E-state index contributed by atoms with van der Waals surface area (Å²) in [6, 6.07) is 0.147. The van der Waals surface area contributed by atoms with Crippen LogP contribution in [0.5, 0.6) is 0 Å². The van der Waals surface area contributed by atoms with Gasteiger partial charge >= 0.3 is 0 Å². The first-order valence-electron chi connectivity index (χ1n) is 5.12. The topological polar surface area (TPSA) is 46.9 Å². The van der Waals surface area contributed by atoms with E-state index >= 15 is 0 Å². The molecule has 15 heavy (non-hydrogen) atoms. The molecular formula is C10H16ClN3O. The summed E-state index contributed by atoms with van der Waals surface area (Å²) in [6.07, 6.45) is 2.39. The summed E-state index contributed by atoms with van der Waals surface area (Å²) >= 11 is 5.90. The summed E-state index contributed by atoms with van der Waals surface area (Å²) in [6.45, 7) is 6.53. The third-order valence-electron chi connectivity index (χ3n) is 2.30. The summed E-state index contributed by atoms with van der Waals surface area (Å²) in [4.78, 5) is 11.8. The lowest BCUT2D eigenvalue weighted by molar-refractivity contribution is 0.0928. The summed E-state index contributed by atoms with van der Waals surface area (Å²) < 4.78 is 1.60. The number of aromatic nitrogens is 2. The van der Waals surface area contributed by atoms with E-state index in [0.717, 1.165) is 6.42 Å². The van der Waals surface area contributed by atoms with Gasteiger partial charge in [0.15, 0.2) is 0 Å². The number of nitrogens with zero attached hydrogens (tertiary/aromatic N) is 2. The lowest BCUT2D eigenvalue weighted by atomic mass is 10.2. The summed E-state index contributed by atoms with van der Waals surface area (Å²) in [5, 5.41) is 7.28. The Morgan fingerprint density at radius 1 is 1.67 bits per heavy atom. The molecule has 84 valence electrons. The highest BCUT2D eigenvalue weighted by Gasteiger charge is 2.17. The van der Waals surface area contributed by atoms with E-state index in [1.807, 2.05) is 20.8 Å². The zero-order chi connectivity index (χ0) is 11.4. The maximum absolute atomic E-state index is 11.8. The summed E-state index contributed by atoms with van der Waals surface area (Å²) in [5.41, 5.74) is 0.444. The van der Waals surface area contributed by atoms with Crippen molar-refractivity contribution in [3.63, 3.8) is 0 Å². The highest BCUT2D eigenvalue weighted by atomic mass is 35.5. The molecule has 1 amide bonds. The minimum atomic E-state index is -0.159. The van der Waals surface area contributed by atoms with Crippen LogP contribution in [-0.2, 0) is 6.54 Å². The van der Waals surface area contributed by atoms with Gasteiger partial charge < -0.3 is 5.32 Å². The second kappa shape index (κ2) is 5.16. The third-order valence-corrected chi connectivity index (χ3v) is 2.58. The van der Waals surface area contributed by atoms with Gasteiger partial charge in [0.2, 0.25) is 0 Å². The van der Waals surface area contributed by atoms with Gasteiger partial charge in [-0.1, -0.05) is 18.5 Å². The molecule has 1 N–H and O–H groups in total. The van der Waals surface area contributed by atoms with Crippen LogP contribution in [0.2, 0.25) is 5.02 Å². The van der Waals surface area contributed by atoms with Gasteiger partial charge in [0.1, 0.15) is 5.69 Å². The Balaban J connectivity index is 2.85. The first kappa shape index (κ1) is 12.0. The van der Waals surface area contributed by atoms with Gasteiger partial charge in [-0.05, 0) is 20.3 Å². The van der Waals surface area contributed by atoms with Crippen molar-refractivity contribution in [2.24, 2.45) is 0 Å². The third kappa shape index (κ3) is 2.72. The molecule has 1 aromatic rings. The van der Waals surface area contributed by atoms with Crippen LogP contribution in [0.4, 0.5) is 0 Å². The maximum Gasteiger partial charge on any atom is 0.271 e. The lowest BCUT2D eigenvalue weighted by Crippen LogP contribution is -2.33. The van der Waals surface area contributed by atoms with Crippen LogP contribution in [0.15, 0.2) is 6.20 Å². The van der Waals surface area contributed by atoms with E-state index in [9.17, 15) is 4.79 Å². The molecule has 0 saturated carbocycles. The Labute approximate surface area is 94.6 Å². The molecule has 0 saturated heterocycles. The number of halogens is 1. The molecule has 1 unspecified atom stereocenters. The van der Waals surface area contributed by atoms with Crippen LogP contribution in [0, 0.1) is 0 Å². The van der Waals surface area contributed by atoms with Gasteiger partial charge in [0.05, 0.1) is 11.2 Å². The molecule has 1 atom stereocenters. The Hall–Kier alpha value is -1.03. The van der Waals surface area contributed by atoms with Crippen LogP contribution in [-0.4, -0.2) is 21.7 Å². The van der Waals surface area contributed by atoms with Crippen molar-refractivity contribution < 1.29 is 4.79 Å². The van der Waals surface area contributed by atoms with Crippen LogP contribution in [0.1, 0.15) is 37.7 Å². The van der Waals surface area contributed by atoms with Crippen molar-refractivity contribution in [3.05, 3.63) is 16.9 Å². The van der Waals surface area contributed by atoms with Crippen molar-refractivity contribution in [1.29, 1.82) is 0 Å². The zero-order valence-electron chi connectivity index (χ0n) is 9.25. The monoisotopic (exact) mass is 229 g/mol. The minimum Gasteiger partial charge on any atom is -0.348 e. The SMILES string of the molecule is CCC(C)NC(=O)c1c(Cl)cnn1CC. The number of carbonyl (C=O) groups is 1. The Morgan fingerprint density at radius 3 is 2.87 bits per heavy atom. The molecule has 4 nitrogen and oxygen atoms in total. The molecule has 0 radical (unpaired) electrons. The van der Waals surface area contributed by atoms with E-state index in [2.05, 4.69) is 10.4 Å². The van der Waals surface area contributed by atoms with Gasteiger partial charge in [0.25, 0.3) is 5.91 Å². The quantitative estimate of drug-likeness (QED) is 0.860. The Morgan fingerprint density at radius 2 is 2.33 bits per heavy atom. The molecular weight excluding hydrogens is 214 g/mol.